The maximum atomic E-state index is 11.2. The maximum Gasteiger partial charge on any atom is 0.304 e. The summed E-state index contributed by atoms with van der Waals surface area (Å²) in [7, 11) is 0. The largest absolute Gasteiger partial charge is 0.445 e. The summed E-state index contributed by atoms with van der Waals surface area (Å²) in [6.45, 7) is 2.18. The second-order valence-corrected chi connectivity index (χ2v) is 3.10. The number of amides is 3. The summed E-state index contributed by atoms with van der Waals surface area (Å²) >= 11 is 0. The molecular formula is C9H15N3O5. The lowest BCUT2D eigenvalue weighted by Crippen LogP contribution is -2.45. The molecular weight excluding hydrogens is 230 g/mol. The highest BCUT2D eigenvalue weighted by molar-refractivity contribution is 5.88. The average molecular weight is 245 g/mol. The van der Waals surface area contributed by atoms with Gasteiger partial charge in [-0.25, -0.2) is 0 Å². The second kappa shape index (κ2) is 8.08. The molecule has 96 valence electrons. The molecule has 0 bridgehead atoms. The van der Waals surface area contributed by atoms with E-state index in [4.69, 9.17) is 0 Å². The second-order valence-electron chi connectivity index (χ2n) is 3.10. The normalized spacial score (nSPS) is 10.9. The first-order valence-corrected chi connectivity index (χ1v) is 4.84. The standard InChI is InChI=1S/C9H15N3O5/c1-6(11-4-13)9(16)10-3-8(15)12-5-17-7(2)14/h4,6H,3,5H2,1-2H3,(H,10,16)(H,11,13)(H,12,15). The lowest BCUT2D eigenvalue weighted by Gasteiger charge is -2.10. The van der Waals surface area contributed by atoms with E-state index in [0.717, 1.165) is 0 Å². The van der Waals surface area contributed by atoms with Crippen LogP contribution in [0.3, 0.4) is 0 Å². The fourth-order valence-electron chi connectivity index (χ4n) is 0.779. The number of hydrogen-bond donors (Lipinski definition) is 3. The van der Waals surface area contributed by atoms with E-state index in [9.17, 15) is 19.2 Å². The number of carbonyl (C=O) groups is 4. The Balaban J connectivity index is 3.72. The van der Waals surface area contributed by atoms with Crippen molar-refractivity contribution in [3.8, 4) is 0 Å². The molecule has 1 atom stereocenters. The third-order valence-electron chi connectivity index (χ3n) is 1.68. The van der Waals surface area contributed by atoms with Gasteiger partial charge in [-0.1, -0.05) is 0 Å². The Bertz CT molecular complexity index is 305. The van der Waals surface area contributed by atoms with E-state index >= 15 is 0 Å². The van der Waals surface area contributed by atoms with Gasteiger partial charge in [0.25, 0.3) is 0 Å². The first kappa shape index (κ1) is 14.9. The fourth-order valence-corrected chi connectivity index (χ4v) is 0.779. The van der Waals surface area contributed by atoms with Crippen molar-refractivity contribution in [1.29, 1.82) is 0 Å². The lowest BCUT2D eigenvalue weighted by atomic mass is 10.3. The van der Waals surface area contributed by atoms with Gasteiger partial charge in [0.2, 0.25) is 18.2 Å². The third-order valence-corrected chi connectivity index (χ3v) is 1.68. The van der Waals surface area contributed by atoms with E-state index < -0.39 is 23.8 Å². The monoisotopic (exact) mass is 245 g/mol. The van der Waals surface area contributed by atoms with Crippen molar-refractivity contribution in [2.45, 2.75) is 19.9 Å². The molecule has 0 rings (SSSR count). The Labute approximate surface area is 98.1 Å². The quantitative estimate of drug-likeness (QED) is 0.269. The molecule has 0 radical (unpaired) electrons. The van der Waals surface area contributed by atoms with Gasteiger partial charge in [0.15, 0.2) is 6.73 Å². The molecule has 0 heterocycles. The van der Waals surface area contributed by atoms with Gasteiger partial charge >= 0.3 is 5.97 Å². The average Bonchev–Trinajstić information content (AvgIpc) is 2.25. The molecule has 0 aromatic heterocycles. The molecule has 0 spiro atoms. The highest BCUT2D eigenvalue weighted by Gasteiger charge is 2.12. The van der Waals surface area contributed by atoms with Crippen molar-refractivity contribution in [3.63, 3.8) is 0 Å². The molecule has 3 amide bonds. The van der Waals surface area contributed by atoms with Crippen LogP contribution in [0.25, 0.3) is 0 Å². The Kier molecular flexibility index (Phi) is 7.07. The number of rotatable bonds is 7. The fraction of sp³-hybridized carbons (Fsp3) is 0.556. The van der Waals surface area contributed by atoms with Gasteiger partial charge in [-0.05, 0) is 6.92 Å². The summed E-state index contributed by atoms with van der Waals surface area (Å²) < 4.78 is 4.46. The molecule has 0 saturated carbocycles. The van der Waals surface area contributed by atoms with Crippen molar-refractivity contribution in [2.75, 3.05) is 13.3 Å². The number of nitrogens with one attached hydrogen (secondary N) is 3. The summed E-state index contributed by atoms with van der Waals surface area (Å²) in [5.74, 6) is -1.50. The predicted octanol–water partition coefficient (Wildman–Crippen LogP) is -2.13. The molecule has 0 aliphatic carbocycles. The van der Waals surface area contributed by atoms with Gasteiger partial charge in [0, 0.05) is 6.92 Å². The van der Waals surface area contributed by atoms with Crippen LogP contribution in [0.2, 0.25) is 0 Å². The van der Waals surface area contributed by atoms with Crippen LogP contribution < -0.4 is 16.0 Å². The van der Waals surface area contributed by atoms with Crippen LogP contribution in [-0.2, 0) is 23.9 Å². The summed E-state index contributed by atoms with van der Waals surface area (Å²) in [5.41, 5.74) is 0. The van der Waals surface area contributed by atoms with Crippen LogP contribution in [0.4, 0.5) is 0 Å². The Hall–Kier alpha value is -2.12. The van der Waals surface area contributed by atoms with Crippen LogP contribution in [0.15, 0.2) is 0 Å². The van der Waals surface area contributed by atoms with E-state index in [1.165, 1.54) is 13.8 Å². The van der Waals surface area contributed by atoms with Gasteiger partial charge in [0.05, 0.1) is 6.54 Å². The minimum absolute atomic E-state index is 0.244. The van der Waals surface area contributed by atoms with Crippen LogP contribution in [0, 0.1) is 0 Å². The van der Waals surface area contributed by atoms with Crippen LogP contribution in [0.5, 0.6) is 0 Å². The number of carbonyl (C=O) groups excluding carboxylic acids is 4. The van der Waals surface area contributed by atoms with Crippen molar-refractivity contribution in [2.24, 2.45) is 0 Å². The number of esters is 1. The van der Waals surface area contributed by atoms with Gasteiger partial charge in [0.1, 0.15) is 6.04 Å². The molecule has 0 aromatic carbocycles. The maximum absolute atomic E-state index is 11.2. The van der Waals surface area contributed by atoms with Gasteiger partial charge in [-0.3, -0.25) is 19.2 Å². The molecule has 8 heteroatoms. The van der Waals surface area contributed by atoms with Gasteiger partial charge in [-0.2, -0.15) is 0 Å². The van der Waals surface area contributed by atoms with Gasteiger partial charge < -0.3 is 20.7 Å². The Morgan fingerprint density at radius 2 is 1.94 bits per heavy atom. The van der Waals surface area contributed by atoms with E-state index in [0.29, 0.717) is 6.41 Å². The molecule has 1 unspecified atom stereocenters. The van der Waals surface area contributed by atoms with Crippen molar-refractivity contribution < 1.29 is 23.9 Å². The molecule has 0 aliphatic heterocycles. The zero-order chi connectivity index (χ0) is 13.3. The summed E-state index contributed by atoms with van der Waals surface area (Å²) in [6, 6.07) is -0.714. The van der Waals surface area contributed by atoms with E-state index in [-0.39, 0.29) is 13.3 Å². The smallest absolute Gasteiger partial charge is 0.304 e. The molecule has 17 heavy (non-hydrogen) atoms. The predicted molar refractivity (Wildman–Crippen MR) is 56.4 cm³/mol. The summed E-state index contributed by atoms with van der Waals surface area (Å²) in [4.78, 5) is 42.7. The highest BCUT2D eigenvalue weighted by atomic mass is 16.5. The molecule has 8 nitrogen and oxygen atoms in total. The summed E-state index contributed by atoms with van der Waals surface area (Å²) in [5, 5.41) is 6.78. The minimum atomic E-state index is -0.714. The van der Waals surface area contributed by atoms with E-state index in [1.54, 1.807) is 0 Å². The topological polar surface area (TPSA) is 114 Å². The molecule has 3 N–H and O–H groups in total. The summed E-state index contributed by atoms with van der Waals surface area (Å²) in [6.07, 6.45) is 0.394. The van der Waals surface area contributed by atoms with Crippen LogP contribution in [-0.4, -0.2) is 43.5 Å². The van der Waals surface area contributed by atoms with Crippen LogP contribution in [0.1, 0.15) is 13.8 Å². The van der Waals surface area contributed by atoms with Crippen molar-refractivity contribution in [1.82, 2.24) is 16.0 Å². The number of ether oxygens (including phenoxy) is 1. The zero-order valence-corrected chi connectivity index (χ0v) is 9.61. The van der Waals surface area contributed by atoms with Crippen molar-refractivity contribution >= 4 is 24.2 Å². The minimum Gasteiger partial charge on any atom is -0.445 e. The Morgan fingerprint density at radius 3 is 2.47 bits per heavy atom. The molecule has 0 fully saturated rings. The van der Waals surface area contributed by atoms with Gasteiger partial charge in [-0.15, -0.1) is 0 Å². The number of hydrogen-bond acceptors (Lipinski definition) is 5. The first-order chi connectivity index (χ1) is 7.97. The molecule has 0 aliphatic rings. The third kappa shape index (κ3) is 7.77. The molecule has 0 aromatic rings. The van der Waals surface area contributed by atoms with Crippen LogP contribution >= 0.6 is 0 Å². The zero-order valence-electron chi connectivity index (χ0n) is 9.61. The van der Waals surface area contributed by atoms with E-state index in [1.807, 2.05) is 0 Å². The highest BCUT2D eigenvalue weighted by Crippen LogP contribution is 1.79. The molecule has 0 saturated heterocycles. The van der Waals surface area contributed by atoms with E-state index in [2.05, 4.69) is 20.7 Å². The van der Waals surface area contributed by atoms with Crippen molar-refractivity contribution in [3.05, 3.63) is 0 Å². The SMILES string of the molecule is CC(=O)OCNC(=O)CNC(=O)C(C)NC=O. The first-order valence-electron chi connectivity index (χ1n) is 4.84. The Morgan fingerprint density at radius 1 is 1.29 bits per heavy atom. The lowest BCUT2D eigenvalue weighted by molar-refractivity contribution is -0.143.